The van der Waals surface area contributed by atoms with Gasteiger partial charge in [0.1, 0.15) is 5.75 Å². The first kappa shape index (κ1) is 10.1. The van der Waals surface area contributed by atoms with Crippen LogP contribution in [0.2, 0.25) is 0 Å². The lowest BCUT2D eigenvalue weighted by atomic mass is 10.1. The van der Waals surface area contributed by atoms with Crippen molar-refractivity contribution in [2.75, 3.05) is 20.6 Å². The Morgan fingerprint density at radius 3 is 2.31 bits per heavy atom. The third-order valence-corrected chi connectivity index (χ3v) is 2.01. The van der Waals surface area contributed by atoms with Gasteiger partial charge < -0.3 is 10.0 Å². The van der Waals surface area contributed by atoms with Gasteiger partial charge >= 0.3 is 0 Å². The number of aryl methyl sites for hydroxylation is 1. The highest BCUT2D eigenvalue weighted by atomic mass is 16.3. The molecule has 0 atom stereocenters. The van der Waals surface area contributed by atoms with E-state index in [1.807, 2.05) is 12.1 Å². The van der Waals surface area contributed by atoms with Crippen LogP contribution in [-0.4, -0.2) is 30.6 Å². The van der Waals surface area contributed by atoms with Crippen molar-refractivity contribution in [1.82, 2.24) is 4.90 Å². The lowest BCUT2D eigenvalue weighted by Crippen LogP contribution is -2.13. The summed E-state index contributed by atoms with van der Waals surface area (Å²) in [4.78, 5) is 2.18. The Bertz CT molecular complexity index is 241. The molecule has 2 nitrogen and oxygen atoms in total. The van der Waals surface area contributed by atoms with E-state index in [9.17, 15) is 0 Å². The average molecular weight is 179 g/mol. The van der Waals surface area contributed by atoms with Gasteiger partial charge in [-0.05, 0) is 51.2 Å². The number of benzene rings is 1. The number of phenols is 1. The maximum atomic E-state index is 9.06. The Morgan fingerprint density at radius 2 is 1.77 bits per heavy atom. The molecule has 0 aromatic heterocycles. The summed E-state index contributed by atoms with van der Waals surface area (Å²) >= 11 is 0. The predicted molar refractivity (Wildman–Crippen MR) is 55.0 cm³/mol. The summed E-state index contributed by atoms with van der Waals surface area (Å²) in [6, 6.07) is 7.44. The molecule has 72 valence electrons. The van der Waals surface area contributed by atoms with E-state index in [0.717, 1.165) is 19.4 Å². The highest BCUT2D eigenvalue weighted by Gasteiger charge is 1.94. The molecule has 0 unspecified atom stereocenters. The average Bonchev–Trinajstić information content (AvgIpc) is 2.08. The molecule has 1 aromatic carbocycles. The fraction of sp³-hybridized carbons (Fsp3) is 0.455. The van der Waals surface area contributed by atoms with Crippen LogP contribution in [0.1, 0.15) is 12.0 Å². The van der Waals surface area contributed by atoms with Crippen molar-refractivity contribution < 1.29 is 5.11 Å². The first-order valence-electron chi connectivity index (χ1n) is 4.61. The zero-order valence-corrected chi connectivity index (χ0v) is 8.33. The summed E-state index contributed by atoms with van der Waals surface area (Å²) in [6.45, 7) is 1.11. The van der Waals surface area contributed by atoms with E-state index in [-0.39, 0.29) is 0 Å². The molecule has 0 radical (unpaired) electrons. The molecule has 1 N–H and O–H groups in total. The number of aromatic hydroxyl groups is 1. The Labute approximate surface area is 79.8 Å². The van der Waals surface area contributed by atoms with Gasteiger partial charge in [-0.15, -0.1) is 0 Å². The van der Waals surface area contributed by atoms with Gasteiger partial charge in [-0.2, -0.15) is 0 Å². The van der Waals surface area contributed by atoms with Crippen molar-refractivity contribution in [2.45, 2.75) is 12.8 Å². The largest absolute Gasteiger partial charge is 0.508 e. The van der Waals surface area contributed by atoms with E-state index >= 15 is 0 Å². The smallest absolute Gasteiger partial charge is 0.115 e. The van der Waals surface area contributed by atoms with Gasteiger partial charge in [0.2, 0.25) is 0 Å². The highest BCUT2D eigenvalue weighted by molar-refractivity contribution is 5.25. The number of hydrogen-bond donors (Lipinski definition) is 1. The molecule has 2 heteroatoms. The van der Waals surface area contributed by atoms with E-state index < -0.39 is 0 Å². The molecule has 0 aliphatic rings. The summed E-state index contributed by atoms with van der Waals surface area (Å²) in [5.74, 6) is 0.344. The first-order valence-corrected chi connectivity index (χ1v) is 4.61. The second kappa shape index (κ2) is 4.87. The van der Waals surface area contributed by atoms with E-state index in [1.54, 1.807) is 12.1 Å². The SMILES string of the molecule is CN(C)CCCc1ccc(O)cc1. The van der Waals surface area contributed by atoms with Crippen LogP contribution in [0, 0.1) is 0 Å². The zero-order chi connectivity index (χ0) is 9.68. The summed E-state index contributed by atoms with van der Waals surface area (Å²) in [5.41, 5.74) is 1.29. The van der Waals surface area contributed by atoms with E-state index in [2.05, 4.69) is 19.0 Å². The lowest BCUT2D eigenvalue weighted by Gasteiger charge is -2.08. The summed E-state index contributed by atoms with van der Waals surface area (Å²) < 4.78 is 0. The third kappa shape index (κ3) is 3.95. The second-order valence-corrected chi connectivity index (χ2v) is 3.57. The molecule has 13 heavy (non-hydrogen) atoms. The van der Waals surface area contributed by atoms with Crippen LogP contribution in [0.25, 0.3) is 0 Å². The third-order valence-electron chi connectivity index (χ3n) is 2.01. The minimum Gasteiger partial charge on any atom is -0.508 e. The topological polar surface area (TPSA) is 23.5 Å². The molecular formula is C11H17NO. The molecule has 1 aromatic rings. The van der Waals surface area contributed by atoms with Crippen LogP contribution in [0.4, 0.5) is 0 Å². The molecule has 0 saturated carbocycles. The van der Waals surface area contributed by atoms with Crippen LogP contribution in [0.5, 0.6) is 5.75 Å². The molecule has 0 saturated heterocycles. The summed E-state index contributed by atoms with van der Waals surface area (Å²) in [5, 5.41) is 9.06. The molecule has 0 aliphatic carbocycles. The Morgan fingerprint density at radius 1 is 1.15 bits per heavy atom. The van der Waals surface area contributed by atoms with Crippen molar-refractivity contribution >= 4 is 0 Å². The van der Waals surface area contributed by atoms with Crippen LogP contribution in [0.15, 0.2) is 24.3 Å². The van der Waals surface area contributed by atoms with Gasteiger partial charge in [-0.1, -0.05) is 12.1 Å². The van der Waals surface area contributed by atoms with Gasteiger partial charge in [0.15, 0.2) is 0 Å². The van der Waals surface area contributed by atoms with E-state index in [4.69, 9.17) is 5.11 Å². The summed E-state index contributed by atoms with van der Waals surface area (Å²) in [6.07, 6.45) is 2.25. The highest BCUT2D eigenvalue weighted by Crippen LogP contribution is 2.10. The molecule has 0 spiro atoms. The molecule has 0 fully saturated rings. The van der Waals surface area contributed by atoms with Crippen molar-refractivity contribution in [3.63, 3.8) is 0 Å². The second-order valence-electron chi connectivity index (χ2n) is 3.57. The standard InChI is InChI=1S/C11H17NO/c1-12(2)9-3-4-10-5-7-11(13)8-6-10/h5-8,13H,3-4,9H2,1-2H3. The minimum atomic E-state index is 0.344. The monoisotopic (exact) mass is 179 g/mol. The molecule has 1 rings (SSSR count). The van der Waals surface area contributed by atoms with Gasteiger partial charge in [-0.3, -0.25) is 0 Å². The van der Waals surface area contributed by atoms with Crippen LogP contribution >= 0.6 is 0 Å². The van der Waals surface area contributed by atoms with E-state index in [0.29, 0.717) is 5.75 Å². The number of nitrogens with zero attached hydrogens (tertiary/aromatic N) is 1. The Hall–Kier alpha value is -1.02. The van der Waals surface area contributed by atoms with Gasteiger partial charge in [-0.25, -0.2) is 0 Å². The van der Waals surface area contributed by atoms with Crippen molar-refractivity contribution in [3.05, 3.63) is 29.8 Å². The maximum Gasteiger partial charge on any atom is 0.115 e. The number of hydrogen-bond acceptors (Lipinski definition) is 2. The Kier molecular flexibility index (Phi) is 3.77. The molecule has 0 bridgehead atoms. The van der Waals surface area contributed by atoms with E-state index in [1.165, 1.54) is 5.56 Å². The normalized spacial score (nSPS) is 10.7. The first-order chi connectivity index (χ1) is 6.18. The van der Waals surface area contributed by atoms with Crippen LogP contribution < -0.4 is 0 Å². The van der Waals surface area contributed by atoms with Crippen LogP contribution in [0.3, 0.4) is 0 Å². The number of rotatable bonds is 4. The fourth-order valence-electron chi connectivity index (χ4n) is 1.26. The quantitative estimate of drug-likeness (QED) is 0.763. The molecule has 0 aliphatic heterocycles. The Balaban J connectivity index is 2.33. The van der Waals surface area contributed by atoms with Crippen molar-refractivity contribution in [1.29, 1.82) is 0 Å². The summed E-state index contributed by atoms with van der Waals surface area (Å²) in [7, 11) is 4.16. The number of phenolic OH excluding ortho intramolecular Hbond substituents is 1. The molecule has 0 heterocycles. The van der Waals surface area contributed by atoms with Crippen molar-refractivity contribution in [3.8, 4) is 5.75 Å². The lowest BCUT2D eigenvalue weighted by molar-refractivity contribution is 0.400. The molecule has 0 amide bonds. The minimum absolute atomic E-state index is 0.344. The van der Waals surface area contributed by atoms with Gasteiger partial charge in [0, 0.05) is 0 Å². The fourth-order valence-corrected chi connectivity index (χ4v) is 1.26. The van der Waals surface area contributed by atoms with Gasteiger partial charge in [0.05, 0.1) is 0 Å². The zero-order valence-electron chi connectivity index (χ0n) is 8.33. The predicted octanol–water partition coefficient (Wildman–Crippen LogP) is 1.89. The molecular weight excluding hydrogens is 162 g/mol. The van der Waals surface area contributed by atoms with Crippen molar-refractivity contribution in [2.24, 2.45) is 0 Å². The van der Waals surface area contributed by atoms with Gasteiger partial charge in [0.25, 0.3) is 0 Å². The maximum absolute atomic E-state index is 9.06. The van der Waals surface area contributed by atoms with Crippen LogP contribution in [-0.2, 0) is 6.42 Å².